The van der Waals surface area contributed by atoms with Crippen molar-refractivity contribution in [1.29, 1.82) is 0 Å². The zero-order valence-corrected chi connectivity index (χ0v) is 15.5. The number of nitrogens with zero attached hydrogens (tertiary/aromatic N) is 1. The lowest BCUT2D eigenvalue weighted by molar-refractivity contribution is 0.242. The Morgan fingerprint density at radius 1 is 1.22 bits per heavy atom. The van der Waals surface area contributed by atoms with E-state index < -0.39 is 0 Å². The normalized spacial score (nSPS) is 11.0. The van der Waals surface area contributed by atoms with Crippen LogP contribution in [0.2, 0.25) is 0 Å². The molecule has 0 amide bonds. The van der Waals surface area contributed by atoms with Gasteiger partial charge in [-0.2, -0.15) is 0 Å². The molecule has 0 radical (unpaired) electrons. The largest absolute Gasteiger partial charge is 0.491 e. The van der Waals surface area contributed by atoms with Gasteiger partial charge in [0.1, 0.15) is 11.6 Å². The van der Waals surface area contributed by atoms with Gasteiger partial charge in [-0.1, -0.05) is 12.1 Å². The highest BCUT2D eigenvalue weighted by Gasteiger charge is 2.00. The zero-order valence-electron chi connectivity index (χ0n) is 13.1. The van der Waals surface area contributed by atoms with Gasteiger partial charge in [0, 0.05) is 5.69 Å². The van der Waals surface area contributed by atoms with Crippen molar-refractivity contribution in [3.8, 4) is 5.75 Å². The molecule has 6 heteroatoms. The fraction of sp³-hybridized carbons (Fsp3) is 0.235. The van der Waals surface area contributed by atoms with Crippen LogP contribution in [0.15, 0.2) is 53.5 Å². The maximum absolute atomic E-state index is 13.1. The summed E-state index contributed by atoms with van der Waals surface area (Å²) >= 11 is 0. The van der Waals surface area contributed by atoms with Crippen molar-refractivity contribution in [2.24, 2.45) is 10.7 Å². The summed E-state index contributed by atoms with van der Waals surface area (Å²) < 4.78 is 18.6. The first-order valence-corrected chi connectivity index (χ1v) is 7.11. The molecular formula is C17H21FIN3O. The molecule has 23 heavy (non-hydrogen) atoms. The Balaban J connectivity index is 0.00000264. The highest BCUT2D eigenvalue weighted by atomic mass is 127. The van der Waals surface area contributed by atoms with E-state index in [9.17, 15) is 4.39 Å². The average molecular weight is 429 g/mol. The Morgan fingerprint density at radius 2 is 1.91 bits per heavy atom. The maximum Gasteiger partial charge on any atom is 0.193 e. The summed E-state index contributed by atoms with van der Waals surface area (Å²) in [5.74, 6) is 0.803. The number of hydrogen-bond donors (Lipinski definition) is 2. The van der Waals surface area contributed by atoms with Gasteiger partial charge < -0.3 is 15.8 Å². The number of nitrogens with one attached hydrogen (secondary N) is 1. The second-order valence-electron chi connectivity index (χ2n) is 5.15. The molecule has 4 nitrogen and oxygen atoms in total. The predicted molar refractivity (Wildman–Crippen MR) is 103 cm³/mol. The molecule has 0 spiro atoms. The molecule has 124 valence electrons. The number of benzene rings is 2. The summed E-state index contributed by atoms with van der Waals surface area (Å²) in [4.78, 5) is 4.19. The minimum absolute atomic E-state index is 0. The molecule has 0 aliphatic carbocycles. The molecule has 3 N–H and O–H groups in total. The Hall–Kier alpha value is -1.83. The average Bonchev–Trinajstić information content (AvgIpc) is 2.47. The maximum atomic E-state index is 13.1. The van der Waals surface area contributed by atoms with Crippen molar-refractivity contribution >= 4 is 35.6 Å². The molecule has 0 aromatic heterocycles. The summed E-state index contributed by atoms with van der Waals surface area (Å²) in [5, 5.41) is 2.99. The van der Waals surface area contributed by atoms with Crippen molar-refractivity contribution in [3.05, 3.63) is 59.9 Å². The summed E-state index contributed by atoms with van der Waals surface area (Å²) in [6.45, 7) is 4.28. The monoisotopic (exact) mass is 429 g/mol. The molecule has 0 fully saturated rings. The van der Waals surface area contributed by atoms with Crippen LogP contribution >= 0.6 is 24.0 Å². The van der Waals surface area contributed by atoms with Gasteiger partial charge in [-0.25, -0.2) is 9.38 Å². The first kappa shape index (κ1) is 19.2. The summed E-state index contributed by atoms with van der Waals surface area (Å²) in [6.07, 6.45) is 0.136. The quantitative estimate of drug-likeness (QED) is 0.427. The number of rotatable bonds is 5. The van der Waals surface area contributed by atoms with Crippen molar-refractivity contribution in [3.63, 3.8) is 0 Å². The highest BCUT2D eigenvalue weighted by molar-refractivity contribution is 14.0. The SMILES string of the molecule is CC(C)Oc1ccc(NC(N)=NCc2cccc(F)c2)cc1.I. The van der Waals surface area contributed by atoms with Crippen LogP contribution in [-0.4, -0.2) is 12.1 Å². The van der Waals surface area contributed by atoms with E-state index in [1.165, 1.54) is 12.1 Å². The summed E-state index contributed by atoms with van der Waals surface area (Å²) in [6, 6.07) is 13.7. The van der Waals surface area contributed by atoms with Gasteiger partial charge in [-0.3, -0.25) is 0 Å². The number of ether oxygens (including phenoxy) is 1. The van der Waals surface area contributed by atoms with Crippen LogP contribution in [0.25, 0.3) is 0 Å². The molecule has 0 unspecified atom stereocenters. The molecule has 0 atom stereocenters. The third-order valence-electron chi connectivity index (χ3n) is 2.82. The van der Waals surface area contributed by atoms with E-state index in [1.54, 1.807) is 12.1 Å². The molecular weight excluding hydrogens is 408 g/mol. The fourth-order valence-corrected chi connectivity index (χ4v) is 1.89. The van der Waals surface area contributed by atoms with Crippen LogP contribution in [0, 0.1) is 5.82 Å². The van der Waals surface area contributed by atoms with Crippen molar-refractivity contribution in [1.82, 2.24) is 0 Å². The number of anilines is 1. The van der Waals surface area contributed by atoms with E-state index in [2.05, 4.69) is 10.3 Å². The second kappa shape index (κ2) is 9.34. The van der Waals surface area contributed by atoms with Gasteiger partial charge >= 0.3 is 0 Å². The molecule has 0 bridgehead atoms. The van der Waals surface area contributed by atoms with Crippen molar-refractivity contribution in [2.45, 2.75) is 26.5 Å². The molecule has 0 saturated heterocycles. The first-order chi connectivity index (χ1) is 10.5. The Morgan fingerprint density at radius 3 is 2.52 bits per heavy atom. The molecule has 0 aliphatic rings. The molecule has 2 rings (SSSR count). The van der Waals surface area contributed by atoms with Gasteiger partial charge in [-0.15, -0.1) is 24.0 Å². The lowest BCUT2D eigenvalue weighted by Crippen LogP contribution is -2.22. The number of guanidine groups is 1. The van der Waals surface area contributed by atoms with Crippen LogP contribution in [0.4, 0.5) is 10.1 Å². The molecule has 2 aromatic carbocycles. The minimum atomic E-state index is -0.278. The fourth-order valence-electron chi connectivity index (χ4n) is 1.89. The first-order valence-electron chi connectivity index (χ1n) is 7.11. The Labute approximate surface area is 153 Å². The van der Waals surface area contributed by atoms with E-state index in [0.29, 0.717) is 6.54 Å². The van der Waals surface area contributed by atoms with Crippen LogP contribution in [0.3, 0.4) is 0 Å². The number of aliphatic imine (C=N–C) groups is 1. The second-order valence-corrected chi connectivity index (χ2v) is 5.15. The smallest absolute Gasteiger partial charge is 0.193 e. The number of hydrogen-bond acceptors (Lipinski definition) is 2. The Kier molecular flexibility index (Phi) is 7.80. The van der Waals surface area contributed by atoms with Crippen LogP contribution in [-0.2, 0) is 6.54 Å². The lowest BCUT2D eigenvalue weighted by Gasteiger charge is -2.11. The molecule has 0 saturated carbocycles. The minimum Gasteiger partial charge on any atom is -0.491 e. The standard InChI is InChI=1S/C17H20FN3O.HI/c1-12(2)22-16-8-6-15(7-9-16)21-17(19)20-11-13-4-3-5-14(18)10-13;/h3-10,12H,11H2,1-2H3,(H3,19,20,21);1H. The zero-order chi connectivity index (χ0) is 15.9. The van der Waals surface area contributed by atoms with Crippen LogP contribution in [0.5, 0.6) is 5.75 Å². The van der Waals surface area contributed by atoms with E-state index in [-0.39, 0.29) is 41.9 Å². The van der Waals surface area contributed by atoms with E-state index in [4.69, 9.17) is 10.5 Å². The van der Waals surface area contributed by atoms with Gasteiger partial charge in [0.2, 0.25) is 0 Å². The van der Waals surface area contributed by atoms with Crippen molar-refractivity contribution < 1.29 is 9.13 Å². The third kappa shape index (κ3) is 6.85. The Bertz CT molecular complexity index is 645. The van der Waals surface area contributed by atoms with Crippen molar-refractivity contribution in [2.75, 3.05) is 5.32 Å². The summed E-state index contributed by atoms with van der Waals surface area (Å²) in [7, 11) is 0. The third-order valence-corrected chi connectivity index (χ3v) is 2.82. The number of nitrogens with two attached hydrogens (primary N) is 1. The topological polar surface area (TPSA) is 59.6 Å². The molecule has 2 aromatic rings. The molecule has 0 heterocycles. The van der Waals surface area contributed by atoms with Gasteiger partial charge in [0.25, 0.3) is 0 Å². The van der Waals surface area contributed by atoms with Crippen LogP contribution < -0.4 is 15.8 Å². The highest BCUT2D eigenvalue weighted by Crippen LogP contribution is 2.16. The molecule has 0 aliphatic heterocycles. The predicted octanol–water partition coefficient (Wildman–Crippen LogP) is 4.16. The van der Waals surface area contributed by atoms with Gasteiger partial charge in [0.15, 0.2) is 5.96 Å². The number of halogens is 2. The van der Waals surface area contributed by atoms with E-state index in [0.717, 1.165) is 17.0 Å². The van der Waals surface area contributed by atoms with Crippen LogP contribution in [0.1, 0.15) is 19.4 Å². The lowest BCUT2D eigenvalue weighted by atomic mass is 10.2. The summed E-state index contributed by atoms with van der Waals surface area (Å²) in [5.41, 5.74) is 7.41. The van der Waals surface area contributed by atoms with E-state index in [1.807, 2.05) is 38.1 Å². The van der Waals surface area contributed by atoms with Gasteiger partial charge in [0.05, 0.1) is 12.6 Å². The van der Waals surface area contributed by atoms with E-state index >= 15 is 0 Å². The van der Waals surface area contributed by atoms with Gasteiger partial charge in [-0.05, 0) is 55.8 Å².